The molecule has 4 N–H and O–H groups in total. The van der Waals surface area contributed by atoms with E-state index in [1.807, 2.05) is 19.9 Å². The molecule has 2 aliphatic rings. The molecule has 0 bridgehead atoms. The zero-order valence-electron chi connectivity index (χ0n) is 32.1. The molecule has 6 aromatic rings. The zero-order valence-corrected chi connectivity index (χ0v) is 33.7. The number of aromatic nitrogens is 6. The summed E-state index contributed by atoms with van der Waals surface area (Å²) >= 11 is 2.74. The molecular weight excluding hydrogens is 783 g/mol. The second kappa shape index (κ2) is 15.5. The van der Waals surface area contributed by atoms with E-state index in [4.69, 9.17) is 10.5 Å². The molecule has 2 atom stereocenters. The molecule has 2 aliphatic heterocycles. The summed E-state index contributed by atoms with van der Waals surface area (Å²) in [7, 11) is 3.28. The van der Waals surface area contributed by atoms with Gasteiger partial charge >= 0.3 is 5.97 Å². The van der Waals surface area contributed by atoms with Crippen LogP contribution in [0.4, 0.5) is 0 Å². The van der Waals surface area contributed by atoms with Crippen molar-refractivity contribution in [3.63, 3.8) is 0 Å². The van der Waals surface area contributed by atoms with E-state index < -0.39 is 34.9 Å². The summed E-state index contributed by atoms with van der Waals surface area (Å²) < 4.78 is 9.55. The number of hydrogen-bond acceptors (Lipinski definition) is 13. The lowest BCUT2D eigenvalue weighted by Crippen LogP contribution is -2.37. The van der Waals surface area contributed by atoms with Crippen LogP contribution in [0, 0.1) is 37.5 Å². The highest BCUT2D eigenvalue weighted by molar-refractivity contribution is 7.19. The van der Waals surface area contributed by atoms with Crippen LogP contribution >= 0.6 is 22.7 Å². The van der Waals surface area contributed by atoms with Crippen LogP contribution in [0.2, 0.25) is 0 Å². The minimum absolute atomic E-state index is 0.172. The monoisotopic (exact) mass is 819 g/mol. The maximum atomic E-state index is 12.3. The van der Waals surface area contributed by atoms with Crippen LogP contribution in [-0.2, 0) is 14.3 Å². The Hall–Kier alpha value is -6.44. The summed E-state index contributed by atoms with van der Waals surface area (Å²) in [6, 6.07) is 14.3. The van der Waals surface area contributed by atoms with Crippen molar-refractivity contribution in [3.8, 4) is 35.1 Å². The smallest absolute Gasteiger partial charge is 0.360 e. The van der Waals surface area contributed by atoms with Crippen molar-refractivity contribution in [3.05, 3.63) is 81.1 Å². The molecule has 2 fully saturated rings. The lowest BCUT2D eigenvalue weighted by molar-refractivity contribution is -0.138. The average Bonchev–Trinajstić information content (AvgIpc) is 4.03. The van der Waals surface area contributed by atoms with Crippen LogP contribution in [-0.4, -0.2) is 118 Å². The number of amides is 3. The Morgan fingerprint density at radius 2 is 1.24 bits per heavy atom. The Labute approximate surface area is 339 Å². The number of carbonyl (C=O) groups excluding carboxylic acids is 4. The number of fused-ring (bicyclic) bond motifs is 2. The van der Waals surface area contributed by atoms with Gasteiger partial charge in [-0.1, -0.05) is 35.8 Å². The summed E-state index contributed by atoms with van der Waals surface area (Å²) in [5.41, 5.74) is 6.16. The first-order valence-corrected chi connectivity index (χ1v) is 19.7. The van der Waals surface area contributed by atoms with Gasteiger partial charge < -0.3 is 30.5 Å². The first kappa shape index (κ1) is 39.8. The highest BCUT2D eigenvalue weighted by Gasteiger charge is 2.43. The number of nitrogens with two attached hydrogens (primary N) is 1. The number of ether oxygens (including phenoxy) is 1. The lowest BCUT2D eigenvalue weighted by Gasteiger charge is -2.13. The number of likely N-dealkylation sites (tertiary alicyclic amines) is 2. The van der Waals surface area contributed by atoms with E-state index in [1.165, 1.54) is 32.5 Å². The Balaban J connectivity index is 0.000000177. The van der Waals surface area contributed by atoms with Gasteiger partial charge in [0.25, 0.3) is 17.7 Å². The Morgan fingerprint density at radius 3 is 1.66 bits per heavy atom. The quantitative estimate of drug-likeness (QED) is 0.170. The largest absolute Gasteiger partial charge is 0.461 e. The van der Waals surface area contributed by atoms with E-state index in [0.717, 1.165) is 10.0 Å². The first-order chi connectivity index (χ1) is 27.6. The number of benzene rings is 2. The standard InChI is InChI=1S/C21H20N4O4S.C19H17N5O3S/c1-4-29-19(26)16-17-18(22-13(2)30-17)25(23-16)15-7-5-6-14(12-15)8-9-21(28)10-11-24(3)20(21)27;1-11-21-17-15(28-11)14(16(20)25)22-24(17)13-5-3-4-12(10-13)6-7-19(27)8-9-23(2)18(19)26/h5-7,12,28H,4,10-11H2,1-3H3;3-5,10,27H,8-9H2,1-2H3,(H2,20,25)/t21-;19-/m00/s1. The van der Waals surface area contributed by atoms with Crippen molar-refractivity contribution in [2.45, 2.75) is 44.8 Å². The van der Waals surface area contributed by atoms with Gasteiger partial charge in [0, 0.05) is 51.2 Å². The summed E-state index contributed by atoms with van der Waals surface area (Å²) in [5, 5.41) is 31.3. The van der Waals surface area contributed by atoms with Gasteiger partial charge in [-0.15, -0.1) is 22.7 Å². The van der Waals surface area contributed by atoms with Crippen molar-refractivity contribution >= 4 is 67.1 Å². The normalized spacial score (nSPS) is 18.8. The molecule has 0 saturated carbocycles. The molecule has 4 aromatic heterocycles. The van der Waals surface area contributed by atoms with Crippen LogP contribution in [0.15, 0.2) is 48.5 Å². The number of primary amides is 1. The molecule has 296 valence electrons. The van der Waals surface area contributed by atoms with Crippen LogP contribution < -0.4 is 5.73 Å². The fraction of sp³-hybridized carbons (Fsp3) is 0.300. The fourth-order valence-corrected chi connectivity index (χ4v) is 8.15. The first-order valence-electron chi connectivity index (χ1n) is 18.0. The Morgan fingerprint density at radius 1 is 0.793 bits per heavy atom. The van der Waals surface area contributed by atoms with Crippen molar-refractivity contribution in [2.75, 3.05) is 33.8 Å². The van der Waals surface area contributed by atoms with Crippen molar-refractivity contribution in [2.24, 2.45) is 5.73 Å². The molecule has 0 unspecified atom stereocenters. The zero-order chi connectivity index (χ0) is 41.5. The third-order valence-corrected chi connectivity index (χ3v) is 11.3. The van der Waals surface area contributed by atoms with Crippen molar-refractivity contribution in [1.82, 2.24) is 39.3 Å². The van der Waals surface area contributed by atoms with Gasteiger partial charge in [-0.25, -0.2) is 24.1 Å². The lowest BCUT2D eigenvalue weighted by atomic mass is 10.0. The van der Waals surface area contributed by atoms with Gasteiger partial charge in [0.1, 0.15) is 9.40 Å². The Bertz CT molecular complexity index is 2780. The second-order valence-electron chi connectivity index (χ2n) is 13.7. The van der Waals surface area contributed by atoms with Gasteiger partial charge in [-0.05, 0) is 57.2 Å². The molecule has 16 nitrogen and oxygen atoms in total. The van der Waals surface area contributed by atoms with Gasteiger partial charge in [0.2, 0.25) is 11.2 Å². The number of carbonyl (C=O) groups is 4. The molecule has 0 radical (unpaired) electrons. The average molecular weight is 820 g/mol. The number of aryl methyl sites for hydroxylation is 2. The van der Waals surface area contributed by atoms with Crippen LogP contribution in [0.1, 0.15) is 61.9 Å². The summed E-state index contributed by atoms with van der Waals surface area (Å²) in [6.07, 6.45) is 0.546. The fourth-order valence-electron chi connectivity index (χ4n) is 6.39. The SMILES string of the molecule is CCOC(=O)c1nn(-c2cccc(C#C[C@]3(O)CCN(C)C3=O)c2)c2nc(C)sc12.Cc1nc2c(s1)c(C(N)=O)nn2-c1cccc(C#C[C@]2(O)CCN(C)C2=O)c1. The van der Waals surface area contributed by atoms with Crippen molar-refractivity contribution < 1.29 is 34.1 Å². The van der Waals surface area contributed by atoms with E-state index in [-0.39, 0.29) is 30.8 Å². The van der Waals surface area contributed by atoms with Gasteiger partial charge in [0.05, 0.1) is 28.0 Å². The van der Waals surface area contributed by atoms with Gasteiger partial charge in [-0.2, -0.15) is 10.2 Å². The highest BCUT2D eigenvalue weighted by Crippen LogP contribution is 2.30. The number of esters is 1. The number of rotatable bonds is 5. The molecule has 0 spiro atoms. The molecular formula is C40H37N9O7S2. The van der Waals surface area contributed by atoms with Crippen LogP contribution in [0.25, 0.3) is 32.1 Å². The molecule has 0 aliphatic carbocycles. The summed E-state index contributed by atoms with van der Waals surface area (Å²) in [5.74, 6) is 9.28. The molecule has 58 heavy (non-hydrogen) atoms. The topological polar surface area (TPSA) is 212 Å². The molecule has 2 saturated heterocycles. The molecule has 8 rings (SSSR count). The molecule has 18 heteroatoms. The van der Waals surface area contributed by atoms with E-state index >= 15 is 0 Å². The predicted molar refractivity (Wildman–Crippen MR) is 216 cm³/mol. The van der Waals surface area contributed by atoms with Crippen LogP contribution in [0.3, 0.4) is 0 Å². The number of likely N-dealkylation sites (N-methyl/N-ethyl adjacent to an activating group) is 2. The number of thiazole rings is 2. The number of hydrogen-bond donors (Lipinski definition) is 3. The Kier molecular flexibility index (Phi) is 10.6. The predicted octanol–water partition coefficient (Wildman–Crippen LogP) is 2.75. The van der Waals surface area contributed by atoms with Crippen LogP contribution in [0.5, 0.6) is 0 Å². The van der Waals surface area contributed by atoms with E-state index in [0.29, 0.717) is 56.3 Å². The van der Waals surface area contributed by atoms with Gasteiger partial charge in [-0.3, -0.25) is 14.4 Å². The maximum absolute atomic E-state index is 12.3. The summed E-state index contributed by atoms with van der Waals surface area (Å²) in [4.78, 5) is 60.1. The highest BCUT2D eigenvalue weighted by atomic mass is 32.1. The van der Waals surface area contributed by atoms with Crippen molar-refractivity contribution in [1.29, 1.82) is 0 Å². The van der Waals surface area contributed by atoms with E-state index in [1.54, 1.807) is 72.8 Å². The maximum Gasteiger partial charge on any atom is 0.360 e. The third-order valence-electron chi connectivity index (χ3n) is 9.39. The molecule has 2 aromatic carbocycles. The second-order valence-corrected chi connectivity index (χ2v) is 16.1. The third kappa shape index (κ3) is 7.53. The molecule has 6 heterocycles. The minimum atomic E-state index is -1.66. The van der Waals surface area contributed by atoms with E-state index in [2.05, 4.69) is 43.8 Å². The number of nitrogens with zero attached hydrogens (tertiary/aromatic N) is 8. The number of aliphatic hydroxyl groups is 2. The molecule has 3 amide bonds. The summed E-state index contributed by atoms with van der Waals surface area (Å²) in [6.45, 7) is 6.64. The van der Waals surface area contributed by atoms with E-state index in [9.17, 15) is 29.4 Å². The minimum Gasteiger partial charge on any atom is -0.461 e. The van der Waals surface area contributed by atoms with Gasteiger partial charge in [0.15, 0.2) is 22.7 Å².